The number of hydrogen-bond acceptors (Lipinski definition) is 0. The van der Waals surface area contributed by atoms with Gasteiger partial charge in [0.05, 0.1) is 0 Å². The van der Waals surface area contributed by atoms with Crippen molar-refractivity contribution in [2.24, 2.45) is 11.8 Å². The molecule has 0 heterocycles. The van der Waals surface area contributed by atoms with E-state index in [1.165, 1.54) is 6.08 Å². The molecule has 1 heteroatoms. The first-order chi connectivity index (χ1) is 4.22. The minimum atomic E-state index is 0.00463. The van der Waals surface area contributed by atoms with Crippen LogP contribution < -0.4 is 0 Å². The zero-order valence-corrected chi connectivity index (χ0v) is 5.76. The van der Waals surface area contributed by atoms with Gasteiger partial charge in [-0.3, -0.25) is 0 Å². The van der Waals surface area contributed by atoms with Crippen molar-refractivity contribution in [2.75, 3.05) is 0 Å². The van der Waals surface area contributed by atoms with E-state index in [0.29, 0.717) is 5.92 Å². The van der Waals surface area contributed by atoms with E-state index < -0.39 is 0 Å². The van der Waals surface area contributed by atoms with Crippen molar-refractivity contribution < 1.29 is 4.39 Å². The Morgan fingerprint density at radius 2 is 2.11 bits per heavy atom. The molecule has 0 aromatic rings. The Balaban J connectivity index is 2.73. The summed E-state index contributed by atoms with van der Waals surface area (Å²) in [5.41, 5.74) is 0. The smallest absolute Gasteiger partial charge is 0.103 e. The SMILES string of the molecule is CC1C=CC=C(F)C1C. The molecular weight excluding hydrogens is 115 g/mol. The molecule has 2 atom stereocenters. The summed E-state index contributed by atoms with van der Waals surface area (Å²) in [4.78, 5) is 0. The number of halogens is 1. The lowest BCUT2D eigenvalue weighted by molar-refractivity contribution is 0.416. The van der Waals surface area contributed by atoms with Crippen molar-refractivity contribution in [2.45, 2.75) is 13.8 Å². The molecule has 0 N–H and O–H groups in total. The zero-order valence-electron chi connectivity index (χ0n) is 5.76. The third kappa shape index (κ3) is 1.21. The molecule has 0 fully saturated rings. The highest BCUT2D eigenvalue weighted by atomic mass is 19.1. The van der Waals surface area contributed by atoms with E-state index >= 15 is 0 Å². The predicted molar refractivity (Wildman–Crippen MR) is 36.7 cm³/mol. The summed E-state index contributed by atoms with van der Waals surface area (Å²) < 4.78 is 12.6. The van der Waals surface area contributed by atoms with Crippen LogP contribution in [0.4, 0.5) is 4.39 Å². The second-order valence-corrected chi connectivity index (χ2v) is 2.58. The fourth-order valence-corrected chi connectivity index (χ4v) is 0.892. The van der Waals surface area contributed by atoms with Crippen molar-refractivity contribution >= 4 is 0 Å². The van der Waals surface area contributed by atoms with E-state index in [1.54, 1.807) is 6.08 Å². The molecule has 1 aliphatic carbocycles. The normalized spacial score (nSPS) is 34.3. The molecule has 1 aliphatic rings. The average molecular weight is 126 g/mol. The molecule has 0 amide bonds. The largest absolute Gasteiger partial charge is 0.212 e. The van der Waals surface area contributed by atoms with E-state index in [4.69, 9.17) is 0 Å². The van der Waals surface area contributed by atoms with Crippen LogP contribution in [0.1, 0.15) is 13.8 Å². The molecule has 9 heavy (non-hydrogen) atoms. The first kappa shape index (κ1) is 6.53. The zero-order chi connectivity index (χ0) is 6.85. The number of rotatable bonds is 0. The van der Waals surface area contributed by atoms with Crippen LogP contribution in [0.3, 0.4) is 0 Å². The summed E-state index contributed by atoms with van der Waals surface area (Å²) in [6.45, 7) is 3.92. The molecule has 0 aliphatic heterocycles. The average Bonchev–Trinajstić information content (AvgIpc) is 1.83. The van der Waals surface area contributed by atoms with E-state index in [-0.39, 0.29) is 11.7 Å². The lowest BCUT2D eigenvalue weighted by Crippen LogP contribution is -2.07. The summed E-state index contributed by atoms with van der Waals surface area (Å²) in [6, 6.07) is 0. The highest BCUT2D eigenvalue weighted by molar-refractivity contribution is 5.17. The quantitative estimate of drug-likeness (QED) is 0.468. The van der Waals surface area contributed by atoms with Crippen LogP contribution in [-0.4, -0.2) is 0 Å². The second kappa shape index (κ2) is 2.34. The van der Waals surface area contributed by atoms with Crippen LogP contribution in [0.5, 0.6) is 0 Å². The molecule has 1 rings (SSSR count). The molecular formula is C8H11F. The molecule has 0 aromatic carbocycles. The lowest BCUT2D eigenvalue weighted by atomic mass is 9.91. The van der Waals surface area contributed by atoms with Gasteiger partial charge in [0.2, 0.25) is 0 Å². The van der Waals surface area contributed by atoms with Gasteiger partial charge in [-0.05, 0) is 12.0 Å². The molecule has 0 aromatic heterocycles. The summed E-state index contributed by atoms with van der Waals surface area (Å²) in [5, 5.41) is 0. The van der Waals surface area contributed by atoms with Crippen molar-refractivity contribution in [3.63, 3.8) is 0 Å². The number of hydrogen-bond donors (Lipinski definition) is 0. The molecule has 0 saturated carbocycles. The van der Waals surface area contributed by atoms with Gasteiger partial charge in [0.15, 0.2) is 0 Å². The van der Waals surface area contributed by atoms with Crippen LogP contribution in [0.2, 0.25) is 0 Å². The Bertz CT molecular complexity index is 156. The Morgan fingerprint density at radius 3 is 2.56 bits per heavy atom. The first-order valence-electron chi connectivity index (χ1n) is 3.25. The van der Waals surface area contributed by atoms with Gasteiger partial charge in [0.25, 0.3) is 0 Å². The van der Waals surface area contributed by atoms with Gasteiger partial charge in [-0.25, -0.2) is 4.39 Å². The van der Waals surface area contributed by atoms with Gasteiger partial charge >= 0.3 is 0 Å². The Hall–Kier alpha value is -0.590. The molecule has 2 unspecified atom stereocenters. The third-order valence-electron chi connectivity index (χ3n) is 1.89. The molecule has 0 bridgehead atoms. The van der Waals surface area contributed by atoms with Crippen LogP contribution in [0, 0.1) is 11.8 Å². The monoisotopic (exact) mass is 126 g/mol. The highest BCUT2D eigenvalue weighted by Gasteiger charge is 2.15. The van der Waals surface area contributed by atoms with E-state index in [9.17, 15) is 4.39 Å². The molecule has 0 radical (unpaired) electrons. The number of allylic oxidation sites excluding steroid dienone is 4. The maximum absolute atomic E-state index is 12.6. The molecule has 50 valence electrons. The van der Waals surface area contributed by atoms with Crippen molar-refractivity contribution in [3.8, 4) is 0 Å². The maximum atomic E-state index is 12.6. The summed E-state index contributed by atoms with van der Waals surface area (Å²) in [6.07, 6.45) is 5.33. The minimum Gasteiger partial charge on any atom is -0.212 e. The van der Waals surface area contributed by atoms with Gasteiger partial charge in [-0.1, -0.05) is 26.0 Å². The maximum Gasteiger partial charge on any atom is 0.103 e. The van der Waals surface area contributed by atoms with Gasteiger partial charge < -0.3 is 0 Å². The van der Waals surface area contributed by atoms with Gasteiger partial charge in [-0.15, -0.1) is 0 Å². The van der Waals surface area contributed by atoms with E-state index in [1.807, 2.05) is 19.9 Å². The molecule has 0 nitrogen and oxygen atoms in total. The standard InChI is InChI=1S/C8H11F/c1-6-4-3-5-8(9)7(6)2/h3-7H,1-2H3. The predicted octanol–water partition coefficient (Wildman–Crippen LogP) is 2.68. The topological polar surface area (TPSA) is 0 Å². The van der Waals surface area contributed by atoms with E-state index in [0.717, 1.165) is 0 Å². The van der Waals surface area contributed by atoms with Gasteiger partial charge in [-0.2, -0.15) is 0 Å². The van der Waals surface area contributed by atoms with Crippen molar-refractivity contribution in [1.29, 1.82) is 0 Å². The molecule has 0 saturated heterocycles. The van der Waals surface area contributed by atoms with Gasteiger partial charge in [0.1, 0.15) is 5.83 Å². The van der Waals surface area contributed by atoms with E-state index in [2.05, 4.69) is 0 Å². The fraction of sp³-hybridized carbons (Fsp3) is 0.500. The van der Waals surface area contributed by atoms with Crippen LogP contribution in [-0.2, 0) is 0 Å². The van der Waals surface area contributed by atoms with Crippen molar-refractivity contribution in [1.82, 2.24) is 0 Å². The minimum absolute atomic E-state index is 0.00463. The third-order valence-corrected chi connectivity index (χ3v) is 1.89. The van der Waals surface area contributed by atoms with Crippen LogP contribution >= 0.6 is 0 Å². The Kier molecular flexibility index (Phi) is 1.70. The molecule has 0 spiro atoms. The lowest BCUT2D eigenvalue weighted by Gasteiger charge is -2.16. The highest BCUT2D eigenvalue weighted by Crippen LogP contribution is 2.25. The van der Waals surface area contributed by atoms with Crippen LogP contribution in [0.25, 0.3) is 0 Å². The fourth-order valence-electron chi connectivity index (χ4n) is 0.892. The van der Waals surface area contributed by atoms with Gasteiger partial charge in [0, 0.05) is 5.92 Å². The van der Waals surface area contributed by atoms with Crippen molar-refractivity contribution in [3.05, 3.63) is 24.1 Å². The Labute approximate surface area is 55.1 Å². The summed E-state index contributed by atoms with van der Waals surface area (Å²) in [5.74, 6) is 0.440. The van der Waals surface area contributed by atoms with Crippen LogP contribution in [0.15, 0.2) is 24.1 Å². The summed E-state index contributed by atoms with van der Waals surface area (Å²) >= 11 is 0. The first-order valence-corrected chi connectivity index (χ1v) is 3.25. The summed E-state index contributed by atoms with van der Waals surface area (Å²) in [7, 11) is 0. The Morgan fingerprint density at radius 1 is 1.44 bits per heavy atom. The second-order valence-electron chi connectivity index (χ2n) is 2.58.